The van der Waals surface area contributed by atoms with Crippen molar-refractivity contribution in [3.8, 4) is 0 Å². The van der Waals surface area contributed by atoms with Gasteiger partial charge >= 0.3 is 0 Å². The van der Waals surface area contributed by atoms with Crippen LogP contribution in [-0.2, 0) is 24.2 Å². The summed E-state index contributed by atoms with van der Waals surface area (Å²) in [6.07, 6.45) is 2.23. The number of carbonyl (C=O) groups excluding carboxylic acids is 1. The number of amides is 1. The van der Waals surface area contributed by atoms with E-state index in [1.54, 1.807) is 0 Å². The van der Waals surface area contributed by atoms with E-state index in [1.807, 2.05) is 31.2 Å². The highest BCUT2D eigenvalue weighted by molar-refractivity contribution is 5.76. The minimum Gasteiger partial charge on any atom is -0.356 e. The number of para-hydroxylation sites is 2. The van der Waals surface area contributed by atoms with Gasteiger partial charge in [0.2, 0.25) is 5.91 Å². The molecule has 0 radical (unpaired) electrons. The molecule has 0 unspecified atom stereocenters. The van der Waals surface area contributed by atoms with Crippen molar-refractivity contribution in [3.63, 3.8) is 0 Å². The number of nitrogens with one attached hydrogen (secondary N) is 1. The number of hydrogen-bond acceptors (Lipinski definition) is 2. The number of hydrogen-bond donors (Lipinski definition) is 1. The van der Waals surface area contributed by atoms with Crippen LogP contribution >= 0.6 is 0 Å². The molecule has 3 aromatic rings. The van der Waals surface area contributed by atoms with Gasteiger partial charge in [-0.25, -0.2) is 4.98 Å². The topological polar surface area (TPSA) is 46.9 Å². The number of rotatable bonds is 7. The number of imidazole rings is 1. The SMILES string of the molecule is CCC(=O)NCCc1nc2ccccc2n1CCc1ccccc1. The van der Waals surface area contributed by atoms with E-state index in [0.717, 1.165) is 36.2 Å². The van der Waals surface area contributed by atoms with Crippen LogP contribution in [0.3, 0.4) is 0 Å². The van der Waals surface area contributed by atoms with E-state index in [1.165, 1.54) is 5.56 Å². The largest absolute Gasteiger partial charge is 0.356 e. The zero-order valence-corrected chi connectivity index (χ0v) is 14.0. The van der Waals surface area contributed by atoms with Crippen LogP contribution in [0.15, 0.2) is 54.6 Å². The lowest BCUT2D eigenvalue weighted by atomic mass is 10.1. The molecule has 4 nitrogen and oxygen atoms in total. The van der Waals surface area contributed by atoms with Gasteiger partial charge in [-0.3, -0.25) is 4.79 Å². The van der Waals surface area contributed by atoms with Gasteiger partial charge in [-0.1, -0.05) is 49.4 Å². The minimum absolute atomic E-state index is 0.0851. The van der Waals surface area contributed by atoms with Crippen molar-refractivity contribution in [2.75, 3.05) is 6.54 Å². The molecule has 2 aromatic carbocycles. The number of benzene rings is 2. The lowest BCUT2D eigenvalue weighted by Gasteiger charge is -2.10. The van der Waals surface area contributed by atoms with Crippen LogP contribution in [-0.4, -0.2) is 22.0 Å². The summed E-state index contributed by atoms with van der Waals surface area (Å²) in [6.45, 7) is 3.38. The van der Waals surface area contributed by atoms with Gasteiger partial charge < -0.3 is 9.88 Å². The van der Waals surface area contributed by atoms with E-state index in [4.69, 9.17) is 4.98 Å². The lowest BCUT2D eigenvalue weighted by molar-refractivity contribution is -0.120. The molecule has 4 heteroatoms. The Bertz CT molecular complexity index is 808. The Morgan fingerprint density at radius 1 is 1.04 bits per heavy atom. The predicted octanol–water partition coefficient (Wildman–Crippen LogP) is 3.35. The van der Waals surface area contributed by atoms with Crippen LogP contribution in [0, 0.1) is 0 Å². The van der Waals surface area contributed by atoms with Gasteiger partial charge in [0.05, 0.1) is 11.0 Å². The Labute approximate surface area is 142 Å². The number of aromatic nitrogens is 2. The molecule has 3 rings (SSSR count). The van der Waals surface area contributed by atoms with Crippen LogP contribution in [0.4, 0.5) is 0 Å². The highest BCUT2D eigenvalue weighted by Gasteiger charge is 2.10. The van der Waals surface area contributed by atoms with Crippen molar-refractivity contribution < 1.29 is 4.79 Å². The molecule has 1 N–H and O–H groups in total. The van der Waals surface area contributed by atoms with Crippen LogP contribution in [0.2, 0.25) is 0 Å². The van der Waals surface area contributed by atoms with Crippen molar-refractivity contribution in [1.82, 2.24) is 14.9 Å². The molecular weight excluding hydrogens is 298 g/mol. The Morgan fingerprint density at radius 2 is 1.79 bits per heavy atom. The van der Waals surface area contributed by atoms with Crippen LogP contribution in [0.25, 0.3) is 11.0 Å². The predicted molar refractivity (Wildman–Crippen MR) is 96.9 cm³/mol. The Morgan fingerprint density at radius 3 is 2.58 bits per heavy atom. The zero-order valence-electron chi connectivity index (χ0n) is 14.0. The third-order valence-electron chi connectivity index (χ3n) is 4.19. The van der Waals surface area contributed by atoms with Crippen LogP contribution in [0.1, 0.15) is 24.7 Å². The Hall–Kier alpha value is -2.62. The van der Waals surface area contributed by atoms with Gasteiger partial charge in [0.15, 0.2) is 0 Å². The summed E-state index contributed by atoms with van der Waals surface area (Å²) in [5.74, 6) is 1.12. The fourth-order valence-corrected chi connectivity index (χ4v) is 2.89. The summed E-state index contributed by atoms with van der Waals surface area (Å²) in [4.78, 5) is 16.2. The summed E-state index contributed by atoms with van der Waals surface area (Å²) in [5.41, 5.74) is 3.49. The first-order chi connectivity index (χ1) is 11.8. The number of aryl methyl sites for hydroxylation is 2. The second kappa shape index (κ2) is 7.77. The molecular formula is C20H23N3O. The average molecular weight is 321 g/mol. The van der Waals surface area contributed by atoms with E-state index in [9.17, 15) is 4.79 Å². The van der Waals surface area contributed by atoms with E-state index < -0.39 is 0 Å². The third-order valence-corrected chi connectivity index (χ3v) is 4.19. The molecule has 0 atom stereocenters. The van der Waals surface area contributed by atoms with Crippen molar-refractivity contribution in [3.05, 3.63) is 66.0 Å². The first-order valence-electron chi connectivity index (χ1n) is 8.52. The van der Waals surface area contributed by atoms with E-state index in [2.05, 4.69) is 40.2 Å². The molecule has 0 spiro atoms. The first-order valence-corrected chi connectivity index (χ1v) is 8.52. The molecule has 0 saturated carbocycles. The van der Waals surface area contributed by atoms with Crippen molar-refractivity contribution in [1.29, 1.82) is 0 Å². The summed E-state index contributed by atoms with van der Waals surface area (Å²) in [6, 6.07) is 18.7. The van der Waals surface area contributed by atoms with Crippen LogP contribution < -0.4 is 5.32 Å². The zero-order chi connectivity index (χ0) is 16.8. The first kappa shape index (κ1) is 16.2. The van der Waals surface area contributed by atoms with Gasteiger partial charge in [-0.05, 0) is 24.1 Å². The summed E-state index contributed by atoms with van der Waals surface area (Å²) in [7, 11) is 0. The monoisotopic (exact) mass is 321 g/mol. The number of fused-ring (bicyclic) bond motifs is 1. The fraction of sp³-hybridized carbons (Fsp3) is 0.300. The molecule has 0 aliphatic carbocycles. The molecule has 1 aromatic heterocycles. The molecule has 0 saturated heterocycles. The normalized spacial score (nSPS) is 10.9. The summed E-state index contributed by atoms with van der Waals surface area (Å²) < 4.78 is 2.28. The van der Waals surface area contributed by atoms with E-state index >= 15 is 0 Å². The van der Waals surface area contributed by atoms with Crippen molar-refractivity contribution >= 4 is 16.9 Å². The summed E-state index contributed by atoms with van der Waals surface area (Å²) in [5, 5.41) is 2.93. The van der Waals surface area contributed by atoms with Crippen molar-refractivity contribution in [2.45, 2.75) is 32.7 Å². The lowest BCUT2D eigenvalue weighted by Crippen LogP contribution is -2.25. The standard InChI is InChI=1S/C20H23N3O/c1-2-20(24)21-14-12-19-22-17-10-6-7-11-18(17)23(19)15-13-16-8-4-3-5-9-16/h3-11H,2,12-15H2,1H3,(H,21,24). The molecule has 0 aliphatic heterocycles. The second-order valence-electron chi connectivity index (χ2n) is 5.86. The molecule has 24 heavy (non-hydrogen) atoms. The van der Waals surface area contributed by atoms with Gasteiger partial charge in [0.1, 0.15) is 5.82 Å². The smallest absolute Gasteiger partial charge is 0.219 e. The van der Waals surface area contributed by atoms with Gasteiger partial charge in [0, 0.05) is 25.9 Å². The van der Waals surface area contributed by atoms with E-state index in [0.29, 0.717) is 13.0 Å². The maximum absolute atomic E-state index is 11.4. The second-order valence-corrected chi connectivity index (χ2v) is 5.86. The third kappa shape index (κ3) is 3.82. The number of carbonyl (C=O) groups is 1. The Balaban J connectivity index is 1.78. The average Bonchev–Trinajstić information content (AvgIpc) is 2.98. The van der Waals surface area contributed by atoms with Crippen molar-refractivity contribution in [2.24, 2.45) is 0 Å². The van der Waals surface area contributed by atoms with E-state index in [-0.39, 0.29) is 5.91 Å². The highest BCUT2D eigenvalue weighted by atomic mass is 16.1. The quantitative estimate of drug-likeness (QED) is 0.725. The summed E-state index contributed by atoms with van der Waals surface area (Å²) >= 11 is 0. The van der Waals surface area contributed by atoms with Gasteiger partial charge in [0.25, 0.3) is 0 Å². The highest BCUT2D eigenvalue weighted by Crippen LogP contribution is 2.17. The fourth-order valence-electron chi connectivity index (χ4n) is 2.89. The molecule has 0 fully saturated rings. The maximum atomic E-state index is 11.4. The maximum Gasteiger partial charge on any atom is 0.219 e. The molecule has 0 bridgehead atoms. The van der Waals surface area contributed by atoms with Gasteiger partial charge in [-0.15, -0.1) is 0 Å². The molecule has 1 amide bonds. The van der Waals surface area contributed by atoms with Gasteiger partial charge in [-0.2, -0.15) is 0 Å². The molecule has 124 valence electrons. The van der Waals surface area contributed by atoms with Crippen LogP contribution in [0.5, 0.6) is 0 Å². The molecule has 0 aliphatic rings. The Kier molecular flexibility index (Phi) is 5.26. The molecule has 1 heterocycles. The minimum atomic E-state index is 0.0851. The number of nitrogens with zero attached hydrogens (tertiary/aromatic N) is 2.